The molecule has 3 nitrogen and oxygen atoms in total. The quantitative estimate of drug-likeness (QED) is 0.846. The normalized spacial score (nSPS) is 10.6. The smallest absolute Gasteiger partial charge is 0.308 e. The fraction of sp³-hybridized carbons (Fsp3) is 0.250. The van der Waals surface area contributed by atoms with Crippen LogP contribution >= 0.6 is 22.7 Å². The van der Waals surface area contributed by atoms with Gasteiger partial charge in [-0.25, -0.2) is 0 Å². The predicted octanol–water partition coefficient (Wildman–Crippen LogP) is 2.73. The number of hydrogen-bond donors (Lipinski definition) is 2. The summed E-state index contributed by atoms with van der Waals surface area (Å²) in [6, 6.07) is 5.98. The summed E-state index contributed by atoms with van der Waals surface area (Å²) in [6.45, 7) is 1.65. The first-order valence-corrected chi connectivity index (χ1v) is 7.01. The van der Waals surface area contributed by atoms with Crippen molar-refractivity contribution in [3.05, 3.63) is 44.3 Å². The molecule has 0 bridgehead atoms. The summed E-state index contributed by atoms with van der Waals surface area (Å²) in [5, 5.41) is 16.2. The van der Waals surface area contributed by atoms with Crippen LogP contribution in [0.4, 0.5) is 0 Å². The Labute approximate surface area is 108 Å². The predicted molar refractivity (Wildman–Crippen MR) is 70.5 cm³/mol. The van der Waals surface area contributed by atoms with Crippen molar-refractivity contribution in [2.75, 3.05) is 0 Å². The van der Waals surface area contributed by atoms with E-state index in [-0.39, 0.29) is 6.42 Å². The molecule has 0 aliphatic rings. The monoisotopic (exact) mass is 267 g/mol. The maximum Gasteiger partial charge on any atom is 0.308 e. The van der Waals surface area contributed by atoms with Crippen LogP contribution in [0.3, 0.4) is 0 Å². The van der Waals surface area contributed by atoms with Crippen molar-refractivity contribution >= 4 is 28.6 Å². The summed E-state index contributed by atoms with van der Waals surface area (Å²) in [6.07, 6.45) is 0.120. The van der Waals surface area contributed by atoms with Crippen LogP contribution in [0.25, 0.3) is 0 Å². The topological polar surface area (TPSA) is 49.3 Å². The Kier molecular flexibility index (Phi) is 4.30. The minimum Gasteiger partial charge on any atom is -0.481 e. The zero-order valence-electron chi connectivity index (χ0n) is 9.18. The number of carboxylic acids is 1. The Balaban J connectivity index is 1.79. The van der Waals surface area contributed by atoms with Gasteiger partial charge in [0.2, 0.25) is 0 Å². The van der Waals surface area contributed by atoms with Gasteiger partial charge in [0.1, 0.15) is 0 Å². The van der Waals surface area contributed by atoms with Gasteiger partial charge in [-0.15, -0.1) is 11.3 Å². The van der Waals surface area contributed by atoms with Gasteiger partial charge in [0, 0.05) is 22.8 Å². The van der Waals surface area contributed by atoms with Crippen LogP contribution in [0.15, 0.2) is 29.0 Å². The number of hydrogen-bond acceptors (Lipinski definition) is 4. The molecular formula is C12H13NO2S2. The van der Waals surface area contributed by atoms with Gasteiger partial charge in [-0.2, -0.15) is 11.3 Å². The van der Waals surface area contributed by atoms with E-state index < -0.39 is 5.97 Å². The maximum absolute atomic E-state index is 10.5. The lowest BCUT2D eigenvalue weighted by molar-refractivity contribution is -0.136. The van der Waals surface area contributed by atoms with E-state index in [9.17, 15) is 4.79 Å². The van der Waals surface area contributed by atoms with Crippen LogP contribution < -0.4 is 5.32 Å². The molecule has 0 aliphatic heterocycles. The van der Waals surface area contributed by atoms with Crippen molar-refractivity contribution in [1.29, 1.82) is 0 Å². The maximum atomic E-state index is 10.5. The fourth-order valence-corrected chi connectivity index (χ4v) is 3.13. The van der Waals surface area contributed by atoms with E-state index in [2.05, 4.69) is 22.1 Å². The number of carboxylic acid groups (broad SMARTS) is 1. The molecule has 2 N–H and O–H groups in total. The lowest BCUT2D eigenvalue weighted by atomic mass is 10.3. The van der Waals surface area contributed by atoms with Crippen molar-refractivity contribution in [3.63, 3.8) is 0 Å². The highest BCUT2D eigenvalue weighted by Crippen LogP contribution is 2.17. The van der Waals surface area contributed by atoms with Crippen LogP contribution in [-0.2, 0) is 24.3 Å². The number of carbonyl (C=O) groups is 1. The zero-order valence-corrected chi connectivity index (χ0v) is 10.8. The minimum absolute atomic E-state index is 0.120. The summed E-state index contributed by atoms with van der Waals surface area (Å²) >= 11 is 3.25. The minimum atomic E-state index is -0.773. The Hall–Kier alpha value is -1.17. The van der Waals surface area contributed by atoms with Crippen LogP contribution in [0.2, 0.25) is 0 Å². The summed E-state index contributed by atoms with van der Waals surface area (Å²) in [5.74, 6) is -0.773. The fourth-order valence-electron chi connectivity index (χ4n) is 1.48. The van der Waals surface area contributed by atoms with E-state index in [1.807, 2.05) is 12.1 Å². The molecule has 2 aromatic heterocycles. The summed E-state index contributed by atoms with van der Waals surface area (Å²) in [7, 11) is 0. The van der Waals surface area contributed by atoms with E-state index in [1.54, 1.807) is 22.7 Å². The highest BCUT2D eigenvalue weighted by Gasteiger charge is 2.04. The van der Waals surface area contributed by atoms with Gasteiger partial charge in [-0.1, -0.05) is 0 Å². The third-order valence-electron chi connectivity index (χ3n) is 2.25. The van der Waals surface area contributed by atoms with Crippen LogP contribution in [0.5, 0.6) is 0 Å². The van der Waals surface area contributed by atoms with Crippen molar-refractivity contribution in [3.8, 4) is 0 Å². The molecule has 0 saturated carbocycles. The lowest BCUT2D eigenvalue weighted by Gasteiger charge is -2.00. The summed E-state index contributed by atoms with van der Waals surface area (Å²) < 4.78 is 0. The molecule has 0 radical (unpaired) electrons. The molecule has 2 aromatic rings. The molecule has 0 spiro atoms. The average molecular weight is 267 g/mol. The lowest BCUT2D eigenvalue weighted by Crippen LogP contribution is -2.10. The molecule has 0 atom stereocenters. The van der Waals surface area contributed by atoms with Crippen LogP contribution in [0, 0.1) is 0 Å². The van der Waals surface area contributed by atoms with Gasteiger partial charge in [-0.3, -0.25) is 4.79 Å². The molecule has 0 aliphatic carbocycles. The third-order valence-corrected chi connectivity index (χ3v) is 4.07. The molecule has 0 unspecified atom stereocenters. The average Bonchev–Trinajstić information content (AvgIpc) is 2.89. The molecular weight excluding hydrogens is 254 g/mol. The van der Waals surface area contributed by atoms with Crippen LogP contribution in [0.1, 0.15) is 15.3 Å². The van der Waals surface area contributed by atoms with E-state index in [1.165, 1.54) is 10.4 Å². The van der Waals surface area contributed by atoms with Crippen LogP contribution in [-0.4, -0.2) is 11.1 Å². The highest BCUT2D eigenvalue weighted by atomic mass is 32.1. The van der Waals surface area contributed by atoms with Crippen molar-refractivity contribution in [1.82, 2.24) is 5.32 Å². The Morgan fingerprint density at radius 2 is 2.06 bits per heavy atom. The summed E-state index contributed by atoms with van der Waals surface area (Å²) in [4.78, 5) is 12.6. The first-order valence-electron chi connectivity index (χ1n) is 5.25. The van der Waals surface area contributed by atoms with Gasteiger partial charge in [0.15, 0.2) is 0 Å². The van der Waals surface area contributed by atoms with E-state index in [0.717, 1.165) is 18.0 Å². The second kappa shape index (κ2) is 5.95. The Morgan fingerprint density at radius 3 is 2.76 bits per heavy atom. The first-order chi connectivity index (χ1) is 8.24. The van der Waals surface area contributed by atoms with Crippen molar-refractivity contribution in [2.24, 2.45) is 0 Å². The Morgan fingerprint density at radius 1 is 1.24 bits per heavy atom. The second-order valence-corrected chi connectivity index (χ2v) is 5.71. The Bertz CT molecular complexity index is 476. The zero-order chi connectivity index (χ0) is 12.1. The number of rotatable bonds is 6. The van der Waals surface area contributed by atoms with Crippen molar-refractivity contribution in [2.45, 2.75) is 19.5 Å². The van der Waals surface area contributed by atoms with E-state index >= 15 is 0 Å². The molecule has 0 fully saturated rings. The molecule has 5 heteroatoms. The van der Waals surface area contributed by atoms with Gasteiger partial charge in [0.25, 0.3) is 0 Å². The standard InChI is InChI=1S/C12H13NO2S2/c14-12(15)5-10-1-2-11(17-10)7-13-6-9-3-4-16-8-9/h1-4,8,13H,5-7H2,(H,14,15). The van der Waals surface area contributed by atoms with Gasteiger partial charge in [-0.05, 0) is 34.5 Å². The van der Waals surface area contributed by atoms with Gasteiger partial charge < -0.3 is 10.4 Å². The second-order valence-electron chi connectivity index (χ2n) is 3.67. The molecule has 0 saturated heterocycles. The van der Waals surface area contributed by atoms with E-state index in [0.29, 0.717) is 0 Å². The largest absolute Gasteiger partial charge is 0.481 e. The molecule has 0 amide bonds. The molecule has 90 valence electrons. The van der Waals surface area contributed by atoms with Gasteiger partial charge >= 0.3 is 5.97 Å². The number of thiophene rings is 2. The molecule has 2 rings (SSSR count). The van der Waals surface area contributed by atoms with Gasteiger partial charge in [0.05, 0.1) is 6.42 Å². The number of nitrogens with one attached hydrogen (secondary N) is 1. The molecule has 17 heavy (non-hydrogen) atoms. The van der Waals surface area contributed by atoms with Crippen molar-refractivity contribution < 1.29 is 9.90 Å². The third kappa shape index (κ3) is 3.96. The van der Waals surface area contributed by atoms with E-state index in [4.69, 9.17) is 5.11 Å². The highest BCUT2D eigenvalue weighted by molar-refractivity contribution is 7.12. The molecule has 0 aromatic carbocycles. The molecule has 2 heterocycles. The summed E-state index contributed by atoms with van der Waals surface area (Å²) in [5.41, 5.74) is 1.29. The first kappa shape index (κ1) is 12.3. The number of aliphatic carboxylic acids is 1. The SMILES string of the molecule is O=C(O)Cc1ccc(CNCc2ccsc2)s1.